The summed E-state index contributed by atoms with van der Waals surface area (Å²) in [6, 6.07) is 5.32. The van der Waals surface area contributed by atoms with E-state index < -0.39 is 12.0 Å². The number of hydrogen-bond acceptors (Lipinski definition) is 6. The van der Waals surface area contributed by atoms with Crippen molar-refractivity contribution in [3.05, 3.63) is 46.9 Å². The Labute approximate surface area is 213 Å². The lowest BCUT2D eigenvalue weighted by atomic mass is 10.0. The zero-order chi connectivity index (χ0) is 25.3. The fourth-order valence-corrected chi connectivity index (χ4v) is 5.19. The second-order valence-electron chi connectivity index (χ2n) is 9.91. The van der Waals surface area contributed by atoms with E-state index in [0.29, 0.717) is 12.3 Å². The van der Waals surface area contributed by atoms with Gasteiger partial charge in [0, 0.05) is 47.2 Å². The van der Waals surface area contributed by atoms with Crippen LogP contribution in [0.3, 0.4) is 0 Å². The number of halogens is 1. The van der Waals surface area contributed by atoms with Crippen LogP contribution >= 0.6 is 0 Å². The van der Waals surface area contributed by atoms with E-state index >= 15 is 0 Å². The van der Waals surface area contributed by atoms with Crippen LogP contribution < -0.4 is 10.1 Å². The van der Waals surface area contributed by atoms with Gasteiger partial charge in [0.05, 0.1) is 13.8 Å². The molecule has 4 heterocycles. The third kappa shape index (κ3) is 6.72. The van der Waals surface area contributed by atoms with Crippen molar-refractivity contribution in [2.75, 3.05) is 38.7 Å². The smallest absolute Gasteiger partial charge is 0.325 e. The van der Waals surface area contributed by atoms with Crippen LogP contribution in [0.1, 0.15) is 85.8 Å². The van der Waals surface area contributed by atoms with E-state index in [2.05, 4.69) is 20.2 Å². The van der Waals surface area contributed by atoms with E-state index in [1.54, 1.807) is 13.3 Å². The molecule has 1 saturated carbocycles. The molecule has 1 unspecified atom stereocenters. The molecule has 2 aromatic heterocycles. The number of carboxylic acids is 1. The first-order valence-corrected chi connectivity index (χ1v) is 13.4. The molecule has 0 spiro atoms. The van der Waals surface area contributed by atoms with Gasteiger partial charge >= 0.3 is 5.97 Å². The van der Waals surface area contributed by atoms with Gasteiger partial charge in [-0.2, -0.15) is 0 Å². The van der Waals surface area contributed by atoms with Crippen molar-refractivity contribution in [2.45, 2.75) is 76.2 Å². The fraction of sp³-hybridized carbons (Fsp3) is 0.607. The summed E-state index contributed by atoms with van der Waals surface area (Å²) in [5, 5.41) is 12.9. The maximum absolute atomic E-state index is 12.0. The number of aryl methyl sites for hydroxylation is 1. The number of fused-ring (bicyclic) bond motifs is 1. The van der Waals surface area contributed by atoms with Crippen LogP contribution in [0.5, 0.6) is 5.75 Å². The number of methoxy groups -OCH3 is 1. The predicted molar refractivity (Wildman–Crippen MR) is 139 cm³/mol. The van der Waals surface area contributed by atoms with Gasteiger partial charge in [-0.05, 0) is 76.9 Å². The lowest BCUT2D eigenvalue weighted by molar-refractivity contribution is -0.143. The molecule has 2 aromatic rings. The van der Waals surface area contributed by atoms with E-state index in [9.17, 15) is 14.3 Å². The van der Waals surface area contributed by atoms with E-state index in [4.69, 9.17) is 4.74 Å². The summed E-state index contributed by atoms with van der Waals surface area (Å²) in [6.45, 7) is 2.53. The average molecular weight is 499 g/mol. The van der Waals surface area contributed by atoms with E-state index in [1.165, 1.54) is 5.56 Å². The van der Waals surface area contributed by atoms with Crippen molar-refractivity contribution in [1.29, 1.82) is 0 Å². The Balaban J connectivity index is 0.000000169. The number of nitrogens with zero attached hydrogens (tertiary/aromatic N) is 3. The van der Waals surface area contributed by atoms with Gasteiger partial charge < -0.3 is 15.2 Å². The molecule has 0 aromatic carbocycles. The molecule has 2 N–H and O–H groups in total. The van der Waals surface area contributed by atoms with E-state index in [-0.39, 0.29) is 6.67 Å². The van der Waals surface area contributed by atoms with Crippen molar-refractivity contribution < 1.29 is 19.0 Å². The zero-order valence-electron chi connectivity index (χ0n) is 21.3. The molecular formula is C28H39FN4O3. The van der Waals surface area contributed by atoms with Gasteiger partial charge in [0.1, 0.15) is 17.6 Å². The molecule has 5 rings (SSSR count). The zero-order valence-corrected chi connectivity index (χ0v) is 21.3. The summed E-state index contributed by atoms with van der Waals surface area (Å²) in [5.74, 6) is 1.66. The summed E-state index contributed by atoms with van der Waals surface area (Å²) >= 11 is 0. The minimum atomic E-state index is -0.744. The molecule has 2 aliphatic heterocycles. The Morgan fingerprint density at radius 3 is 2.75 bits per heavy atom. The Hall–Kier alpha value is -2.74. The van der Waals surface area contributed by atoms with Crippen molar-refractivity contribution in [3.8, 4) is 5.75 Å². The molecule has 3 aliphatic rings. The first-order valence-electron chi connectivity index (χ1n) is 13.4. The molecule has 1 saturated heterocycles. The molecule has 1 aliphatic carbocycles. The Morgan fingerprint density at radius 1 is 1.25 bits per heavy atom. The molecule has 7 nitrogen and oxygen atoms in total. The summed E-state index contributed by atoms with van der Waals surface area (Å²) in [4.78, 5) is 22.7. The monoisotopic (exact) mass is 498 g/mol. The Kier molecular flexibility index (Phi) is 9.50. The van der Waals surface area contributed by atoms with Crippen LogP contribution in [0, 0.1) is 0 Å². The van der Waals surface area contributed by atoms with Gasteiger partial charge in [0.15, 0.2) is 0 Å². The third-order valence-corrected chi connectivity index (χ3v) is 7.19. The maximum Gasteiger partial charge on any atom is 0.325 e. The number of anilines is 1. The van der Waals surface area contributed by atoms with Crippen molar-refractivity contribution in [3.63, 3.8) is 0 Å². The summed E-state index contributed by atoms with van der Waals surface area (Å²) in [6.07, 6.45) is 11.9. The van der Waals surface area contributed by atoms with Crippen molar-refractivity contribution in [1.82, 2.24) is 14.9 Å². The number of carbonyl (C=O) groups is 1. The predicted octanol–water partition coefficient (Wildman–Crippen LogP) is 5.31. The molecular weight excluding hydrogens is 459 g/mol. The minimum Gasteiger partial charge on any atom is -0.496 e. The van der Waals surface area contributed by atoms with Crippen molar-refractivity contribution in [2.24, 2.45) is 0 Å². The van der Waals surface area contributed by atoms with Gasteiger partial charge in [-0.25, -0.2) is 4.98 Å². The van der Waals surface area contributed by atoms with Crippen LogP contribution in [-0.2, 0) is 17.6 Å². The Morgan fingerprint density at radius 2 is 2.06 bits per heavy atom. The first-order chi connectivity index (χ1) is 17.6. The number of ether oxygens (including phenoxy) is 1. The molecule has 0 radical (unpaired) electrons. The number of rotatable bonds is 10. The molecule has 8 heteroatoms. The highest BCUT2D eigenvalue weighted by Crippen LogP contribution is 2.43. The minimum absolute atomic E-state index is 0.220. The Bertz CT molecular complexity index is 991. The maximum atomic E-state index is 12.0. The van der Waals surface area contributed by atoms with Crippen LogP contribution in [0.2, 0.25) is 0 Å². The molecule has 0 bridgehead atoms. The van der Waals surface area contributed by atoms with Gasteiger partial charge in [-0.1, -0.05) is 12.5 Å². The fourth-order valence-electron chi connectivity index (χ4n) is 5.19. The van der Waals surface area contributed by atoms with Crippen LogP contribution in [0.4, 0.5) is 10.2 Å². The molecule has 0 amide bonds. The number of pyridine rings is 2. The van der Waals surface area contributed by atoms with Crippen LogP contribution in [0.15, 0.2) is 24.4 Å². The number of aliphatic carboxylic acids is 1. The lowest BCUT2D eigenvalue weighted by Crippen LogP contribution is -2.32. The highest BCUT2D eigenvalue weighted by molar-refractivity contribution is 5.76. The van der Waals surface area contributed by atoms with Gasteiger partial charge in [-0.15, -0.1) is 0 Å². The second-order valence-corrected chi connectivity index (χ2v) is 9.91. The first kappa shape index (κ1) is 26.3. The quantitative estimate of drug-likeness (QED) is 0.429. The number of aromatic nitrogens is 2. The largest absolute Gasteiger partial charge is 0.496 e. The highest BCUT2D eigenvalue weighted by Gasteiger charge is 2.35. The number of hydrogen-bond donors (Lipinski definition) is 2. The van der Waals surface area contributed by atoms with E-state index in [0.717, 1.165) is 106 Å². The summed E-state index contributed by atoms with van der Waals surface area (Å²) < 4.78 is 17.5. The summed E-state index contributed by atoms with van der Waals surface area (Å²) in [7, 11) is 1.71. The topological polar surface area (TPSA) is 87.6 Å². The highest BCUT2D eigenvalue weighted by atomic mass is 19.1. The number of likely N-dealkylation sites (tertiary alicyclic amines) is 1. The normalized spacial score (nSPS) is 17.9. The third-order valence-electron chi connectivity index (χ3n) is 7.19. The SMILES string of the molecule is COc1cc(CCCCCF)nc2c1CCCN2.O=C(O)C(c1cccnc1C1CC1)N1CCCC1. The number of nitrogens with one attached hydrogen (secondary N) is 1. The van der Waals surface area contributed by atoms with E-state index in [1.807, 2.05) is 18.2 Å². The second kappa shape index (κ2) is 13.0. The molecule has 2 fully saturated rings. The van der Waals surface area contributed by atoms with Crippen molar-refractivity contribution >= 4 is 11.8 Å². The van der Waals surface area contributed by atoms with Crippen LogP contribution in [0.25, 0.3) is 0 Å². The van der Waals surface area contributed by atoms with Crippen LogP contribution in [-0.4, -0.2) is 59.4 Å². The molecule has 196 valence electrons. The van der Waals surface area contributed by atoms with Gasteiger partial charge in [-0.3, -0.25) is 19.1 Å². The molecule has 1 atom stereocenters. The average Bonchev–Trinajstić information content (AvgIpc) is 3.61. The van der Waals surface area contributed by atoms with Gasteiger partial charge in [0.25, 0.3) is 0 Å². The number of unbranched alkanes of at least 4 members (excludes halogenated alkanes) is 2. The van der Waals surface area contributed by atoms with Gasteiger partial charge in [0.2, 0.25) is 0 Å². The lowest BCUT2D eigenvalue weighted by Gasteiger charge is -2.25. The molecule has 36 heavy (non-hydrogen) atoms. The summed E-state index contributed by atoms with van der Waals surface area (Å²) in [5.41, 5.74) is 4.15. The standard InChI is InChI=1S/C14H21FN2O.C14H18N2O2/c1-18-13-10-11(6-3-2-4-8-15)17-14-12(13)7-5-9-16-14;17-14(18)13(16-8-1-2-9-16)11-4-3-7-15-12(11)10-5-6-10/h10H,2-9H2,1H3,(H,16,17);3-4,7,10,13H,1-2,5-6,8-9H2,(H,17,18). The number of alkyl halides is 1. The number of carboxylic acid groups (broad SMARTS) is 1.